The molecule has 2 aromatic rings. The van der Waals surface area contributed by atoms with E-state index in [1.807, 2.05) is 0 Å². The number of amides is 1. The Labute approximate surface area is 124 Å². The van der Waals surface area contributed by atoms with E-state index in [4.69, 9.17) is 22.7 Å². The average Bonchev–Trinajstić information content (AvgIpc) is 2.86. The van der Waals surface area contributed by atoms with Gasteiger partial charge in [-0.05, 0) is 23.6 Å². The lowest BCUT2D eigenvalue weighted by molar-refractivity contribution is 0.102. The molecule has 4 nitrogen and oxygen atoms in total. The van der Waals surface area contributed by atoms with Gasteiger partial charge >= 0.3 is 0 Å². The van der Waals surface area contributed by atoms with Crippen molar-refractivity contribution in [3.8, 4) is 5.75 Å². The third-order valence-corrected chi connectivity index (χ3v) is 3.66. The number of anilines is 1. The smallest absolute Gasteiger partial charge is 0.269 e. The maximum absolute atomic E-state index is 13.7. The zero-order valence-electron chi connectivity index (χ0n) is 10.5. The largest absolute Gasteiger partial charge is 0.495 e. The molecule has 1 aromatic carbocycles. The van der Waals surface area contributed by atoms with E-state index in [2.05, 4.69) is 5.32 Å². The summed E-state index contributed by atoms with van der Waals surface area (Å²) in [5, 5.41) is 4.32. The number of nitrogens with two attached hydrogens (primary N) is 1. The van der Waals surface area contributed by atoms with Crippen LogP contribution in [0.2, 0.25) is 0 Å². The summed E-state index contributed by atoms with van der Waals surface area (Å²) in [6, 6.07) is 5.92. The van der Waals surface area contributed by atoms with Gasteiger partial charge in [0.25, 0.3) is 5.91 Å². The van der Waals surface area contributed by atoms with E-state index >= 15 is 0 Å². The molecule has 0 spiro atoms. The predicted molar refractivity (Wildman–Crippen MR) is 81.1 cm³/mol. The summed E-state index contributed by atoms with van der Waals surface area (Å²) in [7, 11) is 1.47. The molecule has 0 fully saturated rings. The molecule has 3 N–H and O–H groups in total. The number of halogens is 1. The van der Waals surface area contributed by atoms with Crippen LogP contribution in [-0.2, 0) is 0 Å². The van der Waals surface area contributed by atoms with Crippen molar-refractivity contribution >= 4 is 40.1 Å². The molecular weight excluding hydrogens is 299 g/mol. The normalized spacial score (nSPS) is 10.1. The number of rotatable bonds is 4. The highest BCUT2D eigenvalue weighted by molar-refractivity contribution is 7.80. The van der Waals surface area contributed by atoms with Gasteiger partial charge in [0.05, 0.1) is 18.4 Å². The average molecular weight is 310 g/mol. The van der Waals surface area contributed by atoms with Crippen molar-refractivity contribution in [1.29, 1.82) is 0 Å². The van der Waals surface area contributed by atoms with Crippen LogP contribution in [0.25, 0.3) is 0 Å². The molecule has 104 valence electrons. The van der Waals surface area contributed by atoms with Crippen LogP contribution < -0.4 is 15.8 Å². The molecule has 0 saturated carbocycles. The van der Waals surface area contributed by atoms with Crippen molar-refractivity contribution in [2.45, 2.75) is 0 Å². The minimum Gasteiger partial charge on any atom is -0.495 e. The van der Waals surface area contributed by atoms with Crippen molar-refractivity contribution < 1.29 is 13.9 Å². The van der Waals surface area contributed by atoms with Crippen LogP contribution in [0.15, 0.2) is 29.6 Å². The van der Waals surface area contributed by atoms with Crippen molar-refractivity contribution in [3.05, 3.63) is 45.9 Å². The summed E-state index contributed by atoms with van der Waals surface area (Å²) in [6.07, 6.45) is 0. The van der Waals surface area contributed by atoms with Crippen molar-refractivity contribution in [2.24, 2.45) is 5.73 Å². The van der Waals surface area contributed by atoms with E-state index in [0.29, 0.717) is 10.6 Å². The number of hydrogen-bond donors (Lipinski definition) is 2. The second kappa shape index (κ2) is 5.98. The predicted octanol–water partition coefficient (Wildman–Crippen LogP) is 2.78. The molecule has 0 aliphatic rings. The van der Waals surface area contributed by atoms with E-state index < -0.39 is 11.7 Å². The van der Waals surface area contributed by atoms with Crippen LogP contribution in [0.3, 0.4) is 0 Å². The third kappa shape index (κ3) is 2.78. The Hall–Kier alpha value is -1.99. The first-order valence-corrected chi connectivity index (χ1v) is 6.84. The SMILES string of the molecule is COc1ccsc1C(=O)Nc1cccc(F)c1C(N)=S. The highest BCUT2D eigenvalue weighted by Gasteiger charge is 2.17. The number of carbonyl (C=O) groups excluding carboxylic acids is 1. The number of ether oxygens (including phenoxy) is 1. The van der Waals surface area contributed by atoms with Crippen molar-refractivity contribution in [2.75, 3.05) is 12.4 Å². The van der Waals surface area contributed by atoms with Crippen molar-refractivity contribution in [1.82, 2.24) is 0 Å². The second-order valence-electron chi connectivity index (χ2n) is 3.80. The quantitative estimate of drug-likeness (QED) is 0.852. The second-order valence-corrected chi connectivity index (χ2v) is 5.15. The van der Waals surface area contributed by atoms with E-state index in [9.17, 15) is 9.18 Å². The number of hydrogen-bond acceptors (Lipinski definition) is 4. The minimum absolute atomic E-state index is 0.0198. The molecule has 0 unspecified atom stereocenters. The number of thiophene rings is 1. The Morgan fingerprint density at radius 3 is 2.85 bits per heavy atom. The maximum atomic E-state index is 13.7. The molecule has 20 heavy (non-hydrogen) atoms. The van der Waals surface area contributed by atoms with E-state index in [1.54, 1.807) is 11.4 Å². The summed E-state index contributed by atoms with van der Waals surface area (Å²) in [6.45, 7) is 0. The number of benzene rings is 1. The molecule has 0 bridgehead atoms. The standard InChI is InChI=1S/C13H11FN2O2S2/c1-18-9-5-6-20-11(9)13(17)16-8-4-2-3-7(14)10(8)12(15)19/h2-6H,1H3,(H2,15,19)(H,16,17). The molecule has 0 aliphatic heterocycles. The molecule has 1 heterocycles. The van der Waals surface area contributed by atoms with Crippen LogP contribution in [0, 0.1) is 5.82 Å². The highest BCUT2D eigenvalue weighted by atomic mass is 32.1. The Balaban J connectivity index is 2.33. The number of thiocarbonyl (C=S) groups is 1. The Morgan fingerprint density at radius 2 is 2.20 bits per heavy atom. The summed E-state index contributed by atoms with van der Waals surface area (Å²) in [4.78, 5) is 12.4. The highest BCUT2D eigenvalue weighted by Crippen LogP contribution is 2.26. The minimum atomic E-state index is -0.576. The lowest BCUT2D eigenvalue weighted by Gasteiger charge is -2.10. The van der Waals surface area contributed by atoms with Gasteiger partial charge in [0, 0.05) is 0 Å². The van der Waals surface area contributed by atoms with Crippen molar-refractivity contribution in [3.63, 3.8) is 0 Å². The molecule has 1 amide bonds. The Bertz CT molecular complexity index is 670. The van der Waals surface area contributed by atoms with Gasteiger partial charge in [-0.3, -0.25) is 4.79 Å². The van der Waals surface area contributed by atoms with E-state index in [0.717, 1.165) is 0 Å². The molecule has 0 saturated heterocycles. The number of carbonyl (C=O) groups is 1. The fourth-order valence-electron chi connectivity index (χ4n) is 1.68. The van der Waals surface area contributed by atoms with Crippen LogP contribution in [0.5, 0.6) is 5.75 Å². The van der Waals surface area contributed by atoms with Crippen LogP contribution in [0.4, 0.5) is 10.1 Å². The molecular formula is C13H11FN2O2S2. The molecule has 0 radical (unpaired) electrons. The third-order valence-electron chi connectivity index (χ3n) is 2.56. The summed E-state index contributed by atoms with van der Waals surface area (Å²) in [5.41, 5.74) is 5.74. The van der Waals surface area contributed by atoms with Crippen LogP contribution >= 0.6 is 23.6 Å². The number of nitrogens with one attached hydrogen (secondary N) is 1. The molecule has 7 heteroatoms. The van der Waals surface area contributed by atoms with Gasteiger partial charge in [-0.2, -0.15) is 0 Å². The van der Waals surface area contributed by atoms with Gasteiger partial charge in [0.15, 0.2) is 0 Å². The van der Waals surface area contributed by atoms with Gasteiger partial charge in [-0.25, -0.2) is 4.39 Å². The fourth-order valence-corrected chi connectivity index (χ4v) is 2.64. The Kier molecular flexibility index (Phi) is 4.31. The van der Waals surface area contributed by atoms with Gasteiger partial charge in [-0.1, -0.05) is 18.3 Å². The van der Waals surface area contributed by atoms with Gasteiger partial charge in [0.1, 0.15) is 21.4 Å². The zero-order chi connectivity index (χ0) is 14.7. The molecule has 0 aliphatic carbocycles. The first-order chi connectivity index (χ1) is 9.54. The van der Waals surface area contributed by atoms with Gasteiger partial charge < -0.3 is 15.8 Å². The fraction of sp³-hybridized carbons (Fsp3) is 0.0769. The molecule has 0 atom stereocenters. The maximum Gasteiger partial charge on any atom is 0.269 e. The lowest BCUT2D eigenvalue weighted by atomic mass is 10.1. The topological polar surface area (TPSA) is 64.3 Å². The van der Waals surface area contributed by atoms with Gasteiger partial charge in [-0.15, -0.1) is 11.3 Å². The summed E-state index contributed by atoms with van der Waals surface area (Å²) >= 11 is 6.03. The Morgan fingerprint density at radius 1 is 1.45 bits per heavy atom. The monoisotopic (exact) mass is 310 g/mol. The van der Waals surface area contributed by atoms with Crippen LogP contribution in [0.1, 0.15) is 15.2 Å². The van der Waals surface area contributed by atoms with E-state index in [-0.39, 0.29) is 16.2 Å². The lowest BCUT2D eigenvalue weighted by Crippen LogP contribution is -2.18. The van der Waals surface area contributed by atoms with E-state index in [1.165, 1.54) is 36.6 Å². The number of methoxy groups -OCH3 is 1. The first-order valence-electron chi connectivity index (χ1n) is 5.55. The molecule has 2 rings (SSSR count). The zero-order valence-corrected chi connectivity index (χ0v) is 12.1. The van der Waals surface area contributed by atoms with Gasteiger partial charge in [0.2, 0.25) is 0 Å². The first kappa shape index (κ1) is 14.4. The summed E-state index contributed by atoms with van der Waals surface area (Å²) < 4.78 is 18.8. The summed E-state index contributed by atoms with van der Waals surface area (Å²) in [5.74, 6) is -0.519. The van der Waals surface area contributed by atoms with Crippen LogP contribution in [-0.4, -0.2) is 18.0 Å². The molecule has 1 aromatic heterocycles.